The zero-order chi connectivity index (χ0) is 34.2. The molecule has 248 valence electrons. The van der Waals surface area contributed by atoms with E-state index < -0.39 is 29.7 Å². The van der Waals surface area contributed by atoms with Crippen LogP contribution in [0, 0.1) is 0 Å². The molecule has 4 aliphatic heterocycles. The lowest BCUT2D eigenvalue weighted by Gasteiger charge is -2.29. The van der Waals surface area contributed by atoms with Gasteiger partial charge in [0.05, 0.1) is 6.54 Å². The van der Waals surface area contributed by atoms with Crippen LogP contribution < -0.4 is 16.0 Å². The average molecular weight is 652 g/mol. The van der Waals surface area contributed by atoms with E-state index in [9.17, 15) is 28.8 Å². The number of imide groups is 1. The fraction of sp³-hybridized carbons (Fsp3) is 0.333. The molecule has 0 radical (unpaired) electrons. The maximum atomic E-state index is 13.4. The number of benzene rings is 3. The van der Waals surface area contributed by atoms with Gasteiger partial charge in [-0.2, -0.15) is 0 Å². The van der Waals surface area contributed by atoms with Crippen LogP contribution in [0.3, 0.4) is 0 Å². The third kappa shape index (κ3) is 6.64. The largest absolute Gasteiger partial charge is 0.444 e. The predicted octanol–water partition coefficient (Wildman–Crippen LogP) is 3.49. The minimum Gasteiger partial charge on any atom is -0.444 e. The van der Waals surface area contributed by atoms with E-state index in [1.54, 1.807) is 32.9 Å². The Hall–Kier alpha value is -5.52. The van der Waals surface area contributed by atoms with Crippen LogP contribution in [0.2, 0.25) is 0 Å². The van der Waals surface area contributed by atoms with E-state index in [0.29, 0.717) is 18.5 Å². The van der Waals surface area contributed by atoms with Crippen molar-refractivity contribution < 1.29 is 33.5 Å². The number of carbonyl (C=O) groups excluding carboxylic acids is 6. The van der Waals surface area contributed by atoms with Crippen molar-refractivity contribution in [2.45, 2.75) is 77.5 Å². The number of rotatable bonds is 4. The molecule has 2 atom stereocenters. The summed E-state index contributed by atoms with van der Waals surface area (Å²) in [7, 11) is 0. The Kier molecular flexibility index (Phi) is 8.74. The molecule has 3 aromatic carbocycles. The van der Waals surface area contributed by atoms with Gasteiger partial charge in [-0.15, -0.1) is 0 Å². The first-order valence-corrected chi connectivity index (χ1v) is 15.9. The van der Waals surface area contributed by atoms with Gasteiger partial charge in [0.2, 0.25) is 17.7 Å². The van der Waals surface area contributed by atoms with E-state index in [2.05, 4.69) is 16.0 Å². The summed E-state index contributed by atoms with van der Waals surface area (Å²) in [5.41, 5.74) is 4.92. The molecule has 4 heterocycles. The molecular formula is C36H37N5O7. The van der Waals surface area contributed by atoms with Crippen molar-refractivity contribution in [3.05, 3.63) is 106 Å². The summed E-state index contributed by atoms with van der Waals surface area (Å²) < 4.78 is 5.55. The summed E-state index contributed by atoms with van der Waals surface area (Å²) in [6, 6.07) is 18.9. The summed E-state index contributed by atoms with van der Waals surface area (Å²) >= 11 is 0. The first kappa shape index (κ1) is 32.4. The van der Waals surface area contributed by atoms with Gasteiger partial charge in [0.1, 0.15) is 17.7 Å². The third-order valence-electron chi connectivity index (χ3n) is 8.63. The Morgan fingerprint density at radius 2 is 1.62 bits per heavy atom. The molecule has 0 saturated carbocycles. The molecule has 12 heteroatoms. The fourth-order valence-electron chi connectivity index (χ4n) is 6.35. The molecular weight excluding hydrogens is 614 g/mol. The number of piperidine rings is 1. The van der Waals surface area contributed by atoms with Gasteiger partial charge in [0.25, 0.3) is 11.8 Å². The number of ether oxygens (including phenoxy) is 1. The van der Waals surface area contributed by atoms with Gasteiger partial charge in [0.15, 0.2) is 0 Å². The van der Waals surface area contributed by atoms with E-state index in [4.69, 9.17) is 4.74 Å². The van der Waals surface area contributed by atoms with Gasteiger partial charge < -0.3 is 20.3 Å². The smallest absolute Gasteiger partial charge is 0.411 e. The summed E-state index contributed by atoms with van der Waals surface area (Å²) in [5.74, 6) is -1.32. The lowest BCUT2D eigenvalue weighted by molar-refractivity contribution is -0.137. The summed E-state index contributed by atoms with van der Waals surface area (Å²) in [6.45, 7) is 6.76. The monoisotopic (exact) mass is 651 g/mol. The molecule has 6 amide bonds. The summed E-state index contributed by atoms with van der Waals surface area (Å²) in [5, 5.41) is 7.98. The number of amides is 6. The molecule has 7 rings (SSSR count). The van der Waals surface area contributed by atoms with Crippen LogP contribution in [-0.4, -0.2) is 57.1 Å². The Bertz CT molecular complexity index is 1830. The van der Waals surface area contributed by atoms with Crippen molar-refractivity contribution in [2.24, 2.45) is 0 Å². The normalized spacial score (nSPS) is 19.4. The zero-order valence-electron chi connectivity index (χ0n) is 27.0. The molecule has 3 aromatic rings. The summed E-state index contributed by atoms with van der Waals surface area (Å²) in [4.78, 5) is 76.9. The SMILES string of the molecule is CC(C)(C)OC(=O)N1Cc2ccccc2C1C(=O)NCc1ccc2c(c1)CN(C1CCC(=O)NC1=O)C2=O.O=C1NCc2ccccc21. The van der Waals surface area contributed by atoms with Gasteiger partial charge in [-0.3, -0.25) is 34.2 Å². The molecule has 48 heavy (non-hydrogen) atoms. The van der Waals surface area contributed by atoms with Gasteiger partial charge in [0, 0.05) is 37.2 Å². The van der Waals surface area contributed by atoms with Crippen molar-refractivity contribution in [1.29, 1.82) is 0 Å². The number of fused-ring (bicyclic) bond motifs is 3. The van der Waals surface area contributed by atoms with E-state index in [1.807, 2.05) is 54.6 Å². The highest BCUT2D eigenvalue weighted by molar-refractivity contribution is 6.05. The minimum atomic E-state index is -0.819. The Balaban J connectivity index is 0.000000340. The zero-order valence-corrected chi connectivity index (χ0v) is 27.0. The maximum Gasteiger partial charge on any atom is 0.411 e. The van der Waals surface area contributed by atoms with Crippen molar-refractivity contribution in [3.8, 4) is 0 Å². The van der Waals surface area contributed by atoms with Gasteiger partial charge in [-0.1, -0.05) is 54.6 Å². The molecule has 2 unspecified atom stereocenters. The molecule has 3 N–H and O–H groups in total. The van der Waals surface area contributed by atoms with Crippen LogP contribution in [0.15, 0.2) is 66.7 Å². The average Bonchev–Trinajstić information content (AvgIpc) is 3.72. The molecule has 0 spiro atoms. The Labute approximate surface area is 277 Å². The first-order valence-electron chi connectivity index (χ1n) is 15.9. The summed E-state index contributed by atoms with van der Waals surface area (Å²) in [6.07, 6.45) is -0.0682. The van der Waals surface area contributed by atoms with Crippen LogP contribution in [0.4, 0.5) is 4.79 Å². The van der Waals surface area contributed by atoms with E-state index in [1.165, 1.54) is 9.80 Å². The number of nitrogens with one attached hydrogen (secondary N) is 3. The van der Waals surface area contributed by atoms with E-state index >= 15 is 0 Å². The Morgan fingerprint density at radius 3 is 2.35 bits per heavy atom. The highest BCUT2D eigenvalue weighted by Crippen LogP contribution is 2.35. The lowest BCUT2D eigenvalue weighted by atomic mass is 10.0. The fourth-order valence-corrected chi connectivity index (χ4v) is 6.35. The molecule has 1 fully saturated rings. The van der Waals surface area contributed by atoms with Gasteiger partial charge in [-0.25, -0.2) is 4.79 Å². The van der Waals surface area contributed by atoms with Crippen LogP contribution in [-0.2, 0) is 45.3 Å². The minimum absolute atomic E-state index is 0.0515. The van der Waals surface area contributed by atoms with Crippen LogP contribution in [0.1, 0.15) is 88.2 Å². The molecule has 12 nitrogen and oxygen atoms in total. The molecule has 1 saturated heterocycles. The maximum absolute atomic E-state index is 13.4. The van der Waals surface area contributed by atoms with Crippen LogP contribution in [0.5, 0.6) is 0 Å². The van der Waals surface area contributed by atoms with E-state index in [0.717, 1.165) is 33.4 Å². The van der Waals surface area contributed by atoms with Crippen molar-refractivity contribution >= 4 is 35.6 Å². The highest BCUT2D eigenvalue weighted by Gasteiger charge is 2.41. The first-order chi connectivity index (χ1) is 22.9. The van der Waals surface area contributed by atoms with Crippen LogP contribution in [0.25, 0.3) is 0 Å². The standard InChI is InChI=1S/C28H30N4O6.C8H7NO/c1-28(2,3)38-27(37)32-14-17-6-4-5-7-19(17)23(32)25(35)29-13-16-8-9-20-18(12-16)15-31(26(20)36)21-10-11-22(33)30-24(21)34;10-8-7-4-2-1-3-6(7)5-9-8/h4-9,12,21,23H,10-11,13-15H2,1-3H3,(H,29,35)(H,30,33,34);1-4H,5H2,(H,9,10). The Morgan fingerprint density at radius 1 is 0.896 bits per heavy atom. The van der Waals surface area contributed by atoms with Crippen molar-refractivity contribution in [3.63, 3.8) is 0 Å². The number of hydrogen-bond acceptors (Lipinski definition) is 7. The van der Waals surface area contributed by atoms with Gasteiger partial charge in [-0.05, 0) is 67.1 Å². The number of nitrogens with zero attached hydrogens (tertiary/aromatic N) is 2. The predicted molar refractivity (Wildman–Crippen MR) is 173 cm³/mol. The highest BCUT2D eigenvalue weighted by atomic mass is 16.6. The quantitative estimate of drug-likeness (QED) is 0.365. The second-order valence-corrected chi connectivity index (χ2v) is 13.2. The molecule has 0 bridgehead atoms. The number of carbonyl (C=O) groups is 6. The van der Waals surface area contributed by atoms with E-state index in [-0.39, 0.29) is 49.7 Å². The second kappa shape index (κ2) is 12.9. The van der Waals surface area contributed by atoms with Gasteiger partial charge >= 0.3 is 6.09 Å². The molecule has 0 aliphatic carbocycles. The third-order valence-corrected chi connectivity index (χ3v) is 8.63. The lowest BCUT2D eigenvalue weighted by Crippen LogP contribution is -2.52. The molecule has 0 aromatic heterocycles. The number of hydrogen-bond donors (Lipinski definition) is 3. The van der Waals surface area contributed by atoms with Crippen molar-refractivity contribution in [1.82, 2.24) is 25.8 Å². The van der Waals surface area contributed by atoms with Crippen molar-refractivity contribution in [2.75, 3.05) is 0 Å². The second-order valence-electron chi connectivity index (χ2n) is 13.2. The topological polar surface area (TPSA) is 154 Å². The van der Waals surface area contributed by atoms with Crippen LogP contribution >= 0.6 is 0 Å². The molecule has 4 aliphatic rings.